The van der Waals surface area contributed by atoms with Gasteiger partial charge in [-0.1, -0.05) is 0 Å². The van der Waals surface area contributed by atoms with Gasteiger partial charge in [-0.3, -0.25) is 4.98 Å². The third-order valence-electron chi connectivity index (χ3n) is 4.50. The molecule has 26 heavy (non-hydrogen) atoms. The number of nitrogens with two attached hydrogens (primary N) is 1. The summed E-state index contributed by atoms with van der Waals surface area (Å²) in [5.41, 5.74) is 7.59. The predicted octanol–water partition coefficient (Wildman–Crippen LogP) is 3.05. The van der Waals surface area contributed by atoms with Gasteiger partial charge in [-0.25, -0.2) is 9.78 Å². The number of aromatic nitrogens is 2. The number of hydrogen-bond donors (Lipinski definition) is 1. The molecule has 0 radical (unpaired) electrons. The lowest BCUT2D eigenvalue weighted by molar-refractivity contribution is 0.0209. The van der Waals surface area contributed by atoms with Gasteiger partial charge >= 0.3 is 6.09 Å². The number of rotatable bonds is 2. The summed E-state index contributed by atoms with van der Waals surface area (Å²) in [4.78, 5) is 25.4. The van der Waals surface area contributed by atoms with Crippen molar-refractivity contribution in [2.24, 2.45) is 0 Å². The van der Waals surface area contributed by atoms with Gasteiger partial charge in [0, 0.05) is 25.8 Å². The Bertz CT molecular complexity index is 802. The van der Waals surface area contributed by atoms with Crippen molar-refractivity contribution in [2.45, 2.75) is 45.3 Å². The average molecular weight is 357 g/mol. The quantitative estimate of drug-likeness (QED) is 0.832. The standard InChI is InChI=1S/C19H27N5O2/c1-19(2,3)26-18(25)23(4)14-6-5-9-24(12-14)17-11-21-16-10-13(20)7-8-15(16)22-17/h7-8,10-11,14H,5-6,9,12,20H2,1-4H3. The van der Waals surface area contributed by atoms with Crippen LogP contribution in [0.15, 0.2) is 24.4 Å². The van der Waals surface area contributed by atoms with Gasteiger partial charge in [0.1, 0.15) is 11.4 Å². The summed E-state index contributed by atoms with van der Waals surface area (Å²) in [5.74, 6) is 0.824. The molecule has 1 saturated heterocycles. The van der Waals surface area contributed by atoms with Crippen molar-refractivity contribution in [1.29, 1.82) is 0 Å². The highest BCUT2D eigenvalue weighted by Crippen LogP contribution is 2.23. The number of carbonyl (C=O) groups is 1. The fraction of sp³-hybridized carbons (Fsp3) is 0.526. The van der Waals surface area contributed by atoms with Crippen molar-refractivity contribution in [2.75, 3.05) is 30.8 Å². The second-order valence-electron chi connectivity index (χ2n) is 7.81. The molecule has 0 aliphatic carbocycles. The lowest BCUT2D eigenvalue weighted by atomic mass is 10.0. The number of hydrogen-bond acceptors (Lipinski definition) is 6. The fourth-order valence-electron chi connectivity index (χ4n) is 3.13. The number of amides is 1. The van der Waals surface area contributed by atoms with E-state index < -0.39 is 5.60 Å². The first kappa shape index (κ1) is 18.2. The van der Waals surface area contributed by atoms with Gasteiger partial charge in [0.05, 0.1) is 23.3 Å². The molecule has 1 atom stereocenters. The minimum absolute atomic E-state index is 0.0857. The van der Waals surface area contributed by atoms with Crippen LogP contribution in [-0.4, -0.2) is 52.7 Å². The highest BCUT2D eigenvalue weighted by atomic mass is 16.6. The lowest BCUT2D eigenvalue weighted by Gasteiger charge is -2.38. The summed E-state index contributed by atoms with van der Waals surface area (Å²) in [6.07, 6.45) is 3.42. The molecule has 1 aromatic carbocycles. The van der Waals surface area contributed by atoms with Gasteiger partial charge in [-0.2, -0.15) is 0 Å². The second-order valence-corrected chi connectivity index (χ2v) is 7.81. The molecule has 1 aliphatic heterocycles. The zero-order chi connectivity index (χ0) is 18.9. The van der Waals surface area contributed by atoms with E-state index in [0.717, 1.165) is 36.2 Å². The van der Waals surface area contributed by atoms with Crippen molar-refractivity contribution < 1.29 is 9.53 Å². The lowest BCUT2D eigenvalue weighted by Crippen LogP contribution is -2.50. The first-order chi connectivity index (χ1) is 12.2. The van der Waals surface area contributed by atoms with Crippen LogP contribution in [-0.2, 0) is 4.74 Å². The van der Waals surface area contributed by atoms with E-state index in [1.807, 2.05) is 39.0 Å². The van der Waals surface area contributed by atoms with Crippen LogP contribution < -0.4 is 10.6 Å². The van der Waals surface area contributed by atoms with E-state index in [9.17, 15) is 4.79 Å². The molecule has 1 unspecified atom stereocenters. The van der Waals surface area contributed by atoms with Crippen LogP contribution in [0.1, 0.15) is 33.6 Å². The van der Waals surface area contributed by atoms with Crippen LogP contribution in [0, 0.1) is 0 Å². The maximum Gasteiger partial charge on any atom is 0.410 e. The Kier molecular flexibility index (Phi) is 4.89. The Balaban J connectivity index is 1.74. The first-order valence-corrected chi connectivity index (χ1v) is 8.96. The first-order valence-electron chi connectivity index (χ1n) is 8.96. The van der Waals surface area contributed by atoms with E-state index >= 15 is 0 Å². The van der Waals surface area contributed by atoms with Crippen molar-refractivity contribution in [1.82, 2.24) is 14.9 Å². The Labute approximate surface area is 154 Å². The molecule has 1 amide bonds. The number of likely N-dealkylation sites (N-methyl/N-ethyl adjacent to an activating group) is 1. The second kappa shape index (κ2) is 6.97. The molecule has 7 nitrogen and oxygen atoms in total. The van der Waals surface area contributed by atoms with Crippen LogP contribution in [0.2, 0.25) is 0 Å². The number of ether oxygens (including phenoxy) is 1. The topological polar surface area (TPSA) is 84.6 Å². The number of piperidine rings is 1. The fourth-order valence-corrected chi connectivity index (χ4v) is 3.13. The average Bonchev–Trinajstić information content (AvgIpc) is 2.59. The Morgan fingerprint density at radius 3 is 2.85 bits per heavy atom. The number of nitrogen functional groups attached to an aromatic ring is 1. The van der Waals surface area contributed by atoms with Crippen LogP contribution in [0.3, 0.4) is 0 Å². The predicted molar refractivity (Wildman–Crippen MR) is 103 cm³/mol. The Morgan fingerprint density at radius 2 is 2.12 bits per heavy atom. The number of carbonyl (C=O) groups excluding carboxylic acids is 1. The van der Waals surface area contributed by atoms with Crippen LogP contribution in [0.25, 0.3) is 11.0 Å². The highest BCUT2D eigenvalue weighted by Gasteiger charge is 2.29. The third-order valence-corrected chi connectivity index (χ3v) is 4.50. The summed E-state index contributed by atoms with van der Waals surface area (Å²) < 4.78 is 5.49. The number of fused-ring (bicyclic) bond motifs is 1. The van der Waals surface area contributed by atoms with Gasteiger partial charge in [0.25, 0.3) is 0 Å². The van der Waals surface area contributed by atoms with Crippen molar-refractivity contribution in [3.05, 3.63) is 24.4 Å². The molecule has 0 bridgehead atoms. The number of benzene rings is 1. The van der Waals surface area contributed by atoms with Gasteiger partial charge < -0.3 is 20.3 Å². The van der Waals surface area contributed by atoms with E-state index in [2.05, 4.69) is 9.88 Å². The minimum atomic E-state index is -0.495. The van der Waals surface area contributed by atoms with Crippen LogP contribution >= 0.6 is 0 Å². The molecule has 1 aliphatic rings. The summed E-state index contributed by atoms with van der Waals surface area (Å²) in [7, 11) is 1.80. The largest absolute Gasteiger partial charge is 0.444 e. The third kappa shape index (κ3) is 4.15. The smallest absolute Gasteiger partial charge is 0.410 e. The molecule has 0 saturated carbocycles. The molecule has 1 fully saturated rings. The van der Waals surface area contributed by atoms with Crippen molar-refractivity contribution >= 4 is 28.6 Å². The molecular formula is C19H27N5O2. The molecule has 3 rings (SSSR count). The maximum atomic E-state index is 12.4. The van der Waals surface area contributed by atoms with Gasteiger partial charge in [0.15, 0.2) is 0 Å². The minimum Gasteiger partial charge on any atom is -0.444 e. The molecule has 2 N–H and O–H groups in total. The van der Waals surface area contributed by atoms with Crippen molar-refractivity contribution in [3.63, 3.8) is 0 Å². The van der Waals surface area contributed by atoms with E-state index in [0.29, 0.717) is 12.2 Å². The summed E-state index contributed by atoms with van der Waals surface area (Å²) in [6.45, 7) is 7.24. The zero-order valence-corrected chi connectivity index (χ0v) is 15.9. The van der Waals surface area contributed by atoms with E-state index in [4.69, 9.17) is 15.5 Å². The number of nitrogens with zero attached hydrogens (tertiary/aromatic N) is 4. The molecule has 7 heteroatoms. The van der Waals surface area contributed by atoms with Gasteiger partial charge in [-0.05, 0) is 51.8 Å². The summed E-state index contributed by atoms with van der Waals surface area (Å²) in [6, 6.07) is 5.62. The monoisotopic (exact) mass is 357 g/mol. The van der Waals surface area contributed by atoms with Crippen LogP contribution in [0.5, 0.6) is 0 Å². The maximum absolute atomic E-state index is 12.4. The van der Waals surface area contributed by atoms with Crippen LogP contribution in [0.4, 0.5) is 16.3 Å². The van der Waals surface area contributed by atoms with Crippen molar-refractivity contribution in [3.8, 4) is 0 Å². The Hall–Kier alpha value is -2.57. The van der Waals surface area contributed by atoms with Gasteiger partial charge in [0.2, 0.25) is 0 Å². The van der Waals surface area contributed by atoms with E-state index in [1.54, 1.807) is 18.1 Å². The highest BCUT2D eigenvalue weighted by molar-refractivity contribution is 5.79. The zero-order valence-electron chi connectivity index (χ0n) is 15.9. The molecule has 140 valence electrons. The molecule has 2 heterocycles. The van der Waals surface area contributed by atoms with E-state index in [-0.39, 0.29) is 12.1 Å². The SMILES string of the molecule is CN(C(=O)OC(C)(C)C)C1CCCN(c2cnc3cc(N)ccc3n2)C1. The summed E-state index contributed by atoms with van der Waals surface area (Å²) in [5, 5.41) is 0. The number of anilines is 2. The molecule has 2 aromatic rings. The molecule has 1 aromatic heterocycles. The normalized spacial score (nSPS) is 18.0. The molecular weight excluding hydrogens is 330 g/mol. The Morgan fingerprint density at radius 1 is 1.35 bits per heavy atom. The van der Waals surface area contributed by atoms with Gasteiger partial charge in [-0.15, -0.1) is 0 Å². The van der Waals surface area contributed by atoms with E-state index in [1.165, 1.54) is 0 Å². The summed E-state index contributed by atoms with van der Waals surface area (Å²) >= 11 is 0. The molecule has 0 spiro atoms.